The first-order valence-electron chi connectivity index (χ1n) is 6.83. The van der Waals surface area contributed by atoms with Crippen molar-refractivity contribution >= 4 is 17.3 Å². The van der Waals surface area contributed by atoms with Crippen molar-refractivity contribution < 1.29 is 4.74 Å². The van der Waals surface area contributed by atoms with Gasteiger partial charge in [0.15, 0.2) is 0 Å². The van der Waals surface area contributed by atoms with Crippen molar-refractivity contribution in [2.45, 2.75) is 44.2 Å². The Morgan fingerprint density at radius 3 is 2.95 bits per heavy atom. The zero-order valence-electron chi connectivity index (χ0n) is 11.1. The third-order valence-electron chi connectivity index (χ3n) is 3.67. The first-order valence-corrected chi connectivity index (χ1v) is 7.21. The average molecular weight is 284 g/mol. The second-order valence-electron chi connectivity index (χ2n) is 5.06. The predicted octanol–water partition coefficient (Wildman–Crippen LogP) is 2.78. The molecule has 106 valence electrons. The summed E-state index contributed by atoms with van der Waals surface area (Å²) < 4.78 is 5.62. The van der Waals surface area contributed by atoms with E-state index in [4.69, 9.17) is 27.9 Å². The van der Waals surface area contributed by atoms with Gasteiger partial charge in [0.25, 0.3) is 0 Å². The monoisotopic (exact) mass is 283 g/mol. The Kier molecular flexibility index (Phi) is 5.45. The molecule has 2 atom stereocenters. The van der Waals surface area contributed by atoms with Gasteiger partial charge in [-0.15, -0.1) is 0 Å². The molecule has 1 aliphatic heterocycles. The van der Waals surface area contributed by atoms with E-state index in [0.717, 1.165) is 31.4 Å². The van der Waals surface area contributed by atoms with Gasteiger partial charge in [-0.25, -0.2) is 0 Å². The summed E-state index contributed by atoms with van der Waals surface area (Å²) >= 11 is 5.91. The van der Waals surface area contributed by atoms with Gasteiger partial charge in [-0.05, 0) is 49.8 Å². The van der Waals surface area contributed by atoms with E-state index in [2.05, 4.69) is 5.43 Å². The van der Waals surface area contributed by atoms with E-state index in [1.807, 2.05) is 12.1 Å². The smallest absolute Gasteiger partial charge is 0.0576 e. The van der Waals surface area contributed by atoms with Crippen molar-refractivity contribution in [1.29, 1.82) is 0 Å². The first-order chi connectivity index (χ1) is 9.20. The van der Waals surface area contributed by atoms with Crippen LogP contribution >= 0.6 is 11.6 Å². The third kappa shape index (κ3) is 4.08. The van der Waals surface area contributed by atoms with Gasteiger partial charge in [-0.1, -0.05) is 17.7 Å². The number of rotatable bonds is 6. The lowest BCUT2D eigenvalue weighted by molar-refractivity contribution is 0.101. The molecular formula is C14H22ClN3O. The molecule has 0 aliphatic carbocycles. The first kappa shape index (κ1) is 14.6. The van der Waals surface area contributed by atoms with Crippen molar-refractivity contribution in [3.8, 4) is 0 Å². The highest BCUT2D eigenvalue weighted by Crippen LogP contribution is 2.28. The zero-order chi connectivity index (χ0) is 13.7. The third-order valence-corrected chi connectivity index (χ3v) is 3.90. The van der Waals surface area contributed by atoms with Crippen LogP contribution in [0.3, 0.4) is 0 Å². The fraction of sp³-hybridized carbons (Fsp3) is 0.571. The van der Waals surface area contributed by atoms with Gasteiger partial charge in [0.05, 0.1) is 6.10 Å². The number of hydrogen-bond donors (Lipinski definition) is 3. The van der Waals surface area contributed by atoms with Gasteiger partial charge < -0.3 is 10.5 Å². The summed E-state index contributed by atoms with van der Waals surface area (Å²) in [6, 6.07) is 5.62. The van der Waals surface area contributed by atoms with Crippen molar-refractivity contribution in [1.82, 2.24) is 5.43 Å². The molecule has 4 nitrogen and oxygen atoms in total. The highest BCUT2D eigenvalue weighted by atomic mass is 35.5. The number of hydrogen-bond acceptors (Lipinski definition) is 4. The minimum absolute atomic E-state index is 0.0682. The summed E-state index contributed by atoms with van der Waals surface area (Å²) in [4.78, 5) is 0. The van der Waals surface area contributed by atoms with Crippen LogP contribution in [0.1, 0.15) is 43.7 Å². The summed E-state index contributed by atoms with van der Waals surface area (Å²) in [6.07, 6.45) is 5.91. The minimum atomic E-state index is 0.0682. The lowest BCUT2D eigenvalue weighted by atomic mass is 9.98. The van der Waals surface area contributed by atoms with Crippen LogP contribution in [-0.4, -0.2) is 12.7 Å². The summed E-state index contributed by atoms with van der Waals surface area (Å²) in [7, 11) is 0. The highest BCUT2D eigenvalue weighted by molar-refractivity contribution is 6.30. The fourth-order valence-corrected chi connectivity index (χ4v) is 2.79. The van der Waals surface area contributed by atoms with E-state index >= 15 is 0 Å². The molecule has 0 saturated carbocycles. The Morgan fingerprint density at radius 2 is 2.32 bits per heavy atom. The van der Waals surface area contributed by atoms with Crippen molar-refractivity contribution in [3.63, 3.8) is 0 Å². The number of nitrogens with one attached hydrogen (secondary N) is 1. The Morgan fingerprint density at radius 1 is 1.47 bits per heavy atom. The van der Waals surface area contributed by atoms with Crippen molar-refractivity contribution in [3.05, 3.63) is 28.8 Å². The maximum atomic E-state index is 5.99. The fourth-order valence-electron chi connectivity index (χ4n) is 2.61. The summed E-state index contributed by atoms with van der Waals surface area (Å²) in [5.74, 6) is 5.64. The molecule has 2 rings (SSSR count). The van der Waals surface area contributed by atoms with Crippen LogP contribution in [0.25, 0.3) is 0 Å². The standard InChI is InChI=1S/C14H22ClN3O/c15-10-6-7-12(13(16)9-10)14(18-17)5-1-3-11-4-2-8-19-11/h6-7,9,11,14,18H,1-5,8,16-17H2. The Bertz CT molecular complexity index is 408. The number of hydrazine groups is 1. The van der Waals surface area contributed by atoms with Gasteiger partial charge in [0.2, 0.25) is 0 Å². The van der Waals surface area contributed by atoms with E-state index in [1.165, 1.54) is 12.8 Å². The molecule has 2 unspecified atom stereocenters. The van der Waals surface area contributed by atoms with Crippen LogP contribution in [0.5, 0.6) is 0 Å². The molecule has 1 heterocycles. The Labute approximate surface area is 119 Å². The van der Waals surface area contributed by atoms with E-state index in [0.29, 0.717) is 16.8 Å². The van der Waals surface area contributed by atoms with Crippen molar-refractivity contribution in [2.75, 3.05) is 12.3 Å². The van der Waals surface area contributed by atoms with Crippen LogP contribution in [0.2, 0.25) is 5.02 Å². The van der Waals surface area contributed by atoms with Crippen LogP contribution in [0.15, 0.2) is 18.2 Å². The van der Waals surface area contributed by atoms with E-state index in [9.17, 15) is 0 Å². The summed E-state index contributed by atoms with van der Waals surface area (Å²) in [5, 5.41) is 0.649. The zero-order valence-corrected chi connectivity index (χ0v) is 11.8. The maximum absolute atomic E-state index is 5.99. The van der Waals surface area contributed by atoms with Gasteiger partial charge >= 0.3 is 0 Å². The van der Waals surface area contributed by atoms with Gasteiger partial charge in [-0.3, -0.25) is 11.3 Å². The summed E-state index contributed by atoms with van der Waals surface area (Å²) in [5.41, 5.74) is 10.5. The van der Waals surface area contributed by atoms with E-state index in [-0.39, 0.29) is 6.04 Å². The summed E-state index contributed by atoms with van der Waals surface area (Å²) in [6.45, 7) is 0.910. The van der Waals surface area contributed by atoms with Gasteiger partial charge in [0.1, 0.15) is 0 Å². The van der Waals surface area contributed by atoms with E-state index < -0.39 is 0 Å². The normalized spacial score (nSPS) is 20.6. The molecule has 1 aliphatic rings. The number of benzene rings is 1. The molecule has 0 radical (unpaired) electrons. The largest absolute Gasteiger partial charge is 0.398 e. The average Bonchev–Trinajstić information content (AvgIpc) is 2.89. The number of anilines is 1. The number of nitrogens with two attached hydrogens (primary N) is 2. The molecule has 1 aromatic rings. The lowest BCUT2D eigenvalue weighted by Gasteiger charge is -2.19. The van der Waals surface area contributed by atoms with E-state index in [1.54, 1.807) is 6.07 Å². The molecule has 19 heavy (non-hydrogen) atoms. The molecule has 1 aromatic carbocycles. The second kappa shape index (κ2) is 7.10. The molecule has 0 spiro atoms. The van der Waals surface area contributed by atoms with Gasteiger partial charge in [0, 0.05) is 23.4 Å². The molecule has 0 amide bonds. The molecule has 0 aromatic heterocycles. The molecule has 1 fully saturated rings. The highest BCUT2D eigenvalue weighted by Gasteiger charge is 2.17. The van der Waals surface area contributed by atoms with Crippen LogP contribution in [0, 0.1) is 0 Å². The van der Waals surface area contributed by atoms with Crippen LogP contribution in [0.4, 0.5) is 5.69 Å². The number of halogens is 1. The number of nitrogen functional groups attached to an aromatic ring is 1. The van der Waals surface area contributed by atoms with Crippen LogP contribution < -0.4 is 17.0 Å². The maximum Gasteiger partial charge on any atom is 0.0576 e. The number of ether oxygens (including phenoxy) is 1. The molecular weight excluding hydrogens is 262 g/mol. The minimum Gasteiger partial charge on any atom is -0.398 e. The Hall–Kier alpha value is -0.810. The molecule has 1 saturated heterocycles. The Balaban J connectivity index is 1.88. The lowest BCUT2D eigenvalue weighted by Crippen LogP contribution is -2.28. The topological polar surface area (TPSA) is 73.3 Å². The molecule has 0 bridgehead atoms. The molecule has 5 N–H and O–H groups in total. The second-order valence-corrected chi connectivity index (χ2v) is 5.49. The van der Waals surface area contributed by atoms with Crippen molar-refractivity contribution in [2.24, 2.45) is 5.84 Å². The predicted molar refractivity (Wildman–Crippen MR) is 78.8 cm³/mol. The van der Waals surface area contributed by atoms with Crippen LogP contribution in [-0.2, 0) is 4.74 Å². The quantitative estimate of drug-likeness (QED) is 0.426. The SMILES string of the molecule is NNC(CCCC1CCCO1)c1ccc(Cl)cc1N. The molecule has 5 heteroatoms. The van der Waals surface area contributed by atoms with Gasteiger partial charge in [-0.2, -0.15) is 0 Å².